The number of aromatic nitrogens is 1. The average Bonchev–Trinajstić information content (AvgIpc) is 3.22. The van der Waals surface area contributed by atoms with Gasteiger partial charge in [-0.25, -0.2) is 0 Å². The first-order valence-corrected chi connectivity index (χ1v) is 13.5. The molecule has 8 heteroatoms. The van der Waals surface area contributed by atoms with Crippen molar-refractivity contribution in [3.8, 4) is 5.88 Å². The predicted octanol–water partition coefficient (Wildman–Crippen LogP) is 4.24. The van der Waals surface area contributed by atoms with Gasteiger partial charge in [-0.2, -0.15) is 0 Å². The minimum Gasteiger partial charge on any atom is -0.473 e. The summed E-state index contributed by atoms with van der Waals surface area (Å²) in [6.07, 6.45) is 7.32. The number of hydrogen-bond donors (Lipinski definition) is 1. The number of carbonyl (C=O) groups excluding carboxylic acids is 1. The molecule has 7 nitrogen and oxygen atoms in total. The van der Waals surface area contributed by atoms with Crippen LogP contribution < -0.4 is 10.1 Å². The third kappa shape index (κ3) is 4.72. The van der Waals surface area contributed by atoms with Crippen molar-refractivity contribution in [1.29, 1.82) is 0 Å². The van der Waals surface area contributed by atoms with E-state index in [1.165, 1.54) is 31.0 Å². The van der Waals surface area contributed by atoms with Crippen LogP contribution in [-0.2, 0) is 4.74 Å². The highest BCUT2D eigenvalue weighted by molar-refractivity contribution is 7.99. The lowest BCUT2D eigenvalue weighted by Crippen LogP contribution is -2.59. The fourth-order valence-corrected chi connectivity index (χ4v) is 7.79. The third-order valence-corrected chi connectivity index (χ3v) is 9.03. The molecule has 1 amide bonds. The standard InChI is InChI=1S/C26H33N3O4S/c30-24(27-26-15-18-12-19(16-26)14-20(13-18)17-26)22-23(34-21-4-2-1-3-5-21)25(28-33-22)32-11-8-29-6-9-31-10-7-29/h1-5,18-20H,6-17H2,(H,27,30). The van der Waals surface area contributed by atoms with Crippen LogP contribution in [-0.4, -0.2) is 61.0 Å². The van der Waals surface area contributed by atoms with Crippen molar-refractivity contribution in [2.45, 2.75) is 53.9 Å². The van der Waals surface area contributed by atoms with Gasteiger partial charge in [0.05, 0.1) is 13.2 Å². The van der Waals surface area contributed by atoms with E-state index in [0.29, 0.717) is 17.4 Å². The Labute approximate surface area is 204 Å². The highest BCUT2D eigenvalue weighted by Crippen LogP contribution is 2.55. The van der Waals surface area contributed by atoms with E-state index in [0.717, 1.165) is 74.8 Å². The molecule has 1 saturated heterocycles. The van der Waals surface area contributed by atoms with E-state index >= 15 is 0 Å². The van der Waals surface area contributed by atoms with Gasteiger partial charge in [0.1, 0.15) is 11.5 Å². The van der Waals surface area contributed by atoms with Gasteiger partial charge in [0.25, 0.3) is 11.8 Å². The van der Waals surface area contributed by atoms with Gasteiger partial charge in [0.15, 0.2) is 0 Å². The van der Waals surface area contributed by atoms with Crippen LogP contribution in [0.3, 0.4) is 0 Å². The van der Waals surface area contributed by atoms with Crippen molar-refractivity contribution >= 4 is 17.7 Å². The Morgan fingerprint density at radius 3 is 2.44 bits per heavy atom. The van der Waals surface area contributed by atoms with E-state index < -0.39 is 0 Å². The van der Waals surface area contributed by atoms with Gasteiger partial charge in [-0.3, -0.25) is 9.69 Å². The Morgan fingerprint density at radius 1 is 1.09 bits per heavy atom. The van der Waals surface area contributed by atoms with Crippen LogP contribution in [0.2, 0.25) is 0 Å². The fraction of sp³-hybridized carbons (Fsp3) is 0.615. The molecule has 4 aliphatic carbocycles. The molecule has 1 aliphatic heterocycles. The number of rotatable bonds is 8. The SMILES string of the molecule is O=C(NC12CC3CC(CC(C3)C1)C2)c1onc(OCCN2CCOCC2)c1Sc1ccccc1. The summed E-state index contributed by atoms with van der Waals surface area (Å²) < 4.78 is 17.1. The van der Waals surface area contributed by atoms with Crippen molar-refractivity contribution in [2.24, 2.45) is 17.8 Å². The molecule has 4 bridgehead atoms. The van der Waals surface area contributed by atoms with Crippen molar-refractivity contribution in [3.05, 3.63) is 36.1 Å². The molecule has 1 N–H and O–H groups in total. The molecule has 4 saturated carbocycles. The molecule has 0 unspecified atom stereocenters. The second-order valence-electron chi connectivity index (χ2n) is 10.5. The molecule has 34 heavy (non-hydrogen) atoms. The summed E-state index contributed by atoms with van der Waals surface area (Å²) in [5.74, 6) is 2.80. The second-order valence-corrected chi connectivity index (χ2v) is 11.6. The molecule has 1 aromatic carbocycles. The Morgan fingerprint density at radius 2 is 1.76 bits per heavy atom. The van der Waals surface area contributed by atoms with Gasteiger partial charge in [0.2, 0.25) is 5.76 Å². The first-order chi connectivity index (χ1) is 16.7. The first-order valence-electron chi connectivity index (χ1n) is 12.6. The van der Waals surface area contributed by atoms with Gasteiger partial charge in [0, 0.05) is 30.1 Å². The number of morpholine rings is 1. The first kappa shape index (κ1) is 22.4. The second kappa shape index (κ2) is 9.55. The molecule has 0 radical (unpaired) electrons. The molecular formula is C26H33N3O4S. The van der Waals surface area contributed by atoms with Gasteiger partial charge in [-0.05, 0) is 73.6 Å². The molecule has 0 atom stereocenters. The van der Waals surface area contributed by atoms with E-state index in [9.17, 15) is 4.79 Å². The van der Waals surface area contributed by atoms with Crippen LogP contribution >= 0.6 is 11.8 Å². The highest BCUT2D eigenvalue weighted by atomic mass is 32.2. The van der Waals surface area contributed by atoms with E-state index in [1.54, 1.807) is 0 Å². The lowest BCUT2D eigenvalue weighted by molar-refractivity contribution is -0.0173. The Bertz CT molecular complexity index is 969. The summed E-state index contributed by atoms with van der Waals surface area (Å²) in [5.41, 5.74) is -0.0787. The van der Waals surface area contributed by atoms with E-state index in [2.05, 4.69) is 15.4 Å². The molecule has 182 valence electrons. The van der Waals surface area contributed by atoms with Gasteiger partial charge in [-0.15, -0.1) is 0 Å². The van der Waals surface area contributed by atoms with Crippen LogP contribution in [0.4, 0.5) is 0 Å². The number of hydrogen-bond acceptors (Lipinski definition) is 7. The van der Waals surface area contributed by atoms with Gasteiger partial charge < -0.3 is 19.3 Å². The smallest absolute Gasteiger partial charge is 0.291 e. The molecule has 2 heterocycles. The summed E-state index contributed by atoms with van der Waals surface area (Å²) in [6, 6.07) is 10.0. The lowest BCUT2D eigenvalue weighted by Gasteiger charge is -2.56. The van der Waals surface area contributed by atoms with E-state index in [4.69, 9.17) is 14.0 Å². The number of amides is 1. The van der Waals surface area contributed by atoms with Crippen LogP contribution in [0, 0.1) is 17.8 Å². The van der Waals surface area contributed by atoms with Crippen molar-refractivity contribution < 1.29 is 18.8 Å². The summed E-state index contributed by atoms with van der Waals surface area (Å²) >= 11 is 1.48. The Kier molecular flexibility index (Phi) is 6.30. The van der Waals surface area contributed by atoms with E-state index in [1.807, 2.05) is 30.3 Å². The zero-order valence-corrected chi connectivity index (χ0v) is 20.4. The largest absolute Gasteiger partial charge is 0.473 e. The number of nitrogens with zero attached hydrogens (tertiary/aromatic N) is 2. The predicted molar refractivity (Wildman–Crippen MR) is 128 cm³/mol. The number of ether oxygens (including phenoxy) is 2. The van der Waals surface area contributed by atoms with Gasteiger partial charge in [-0.1, -0.05) is 30.0 Å². The Balaban J connectivity index is 1.19. The molecule has 0 spiro atoms. The molecule has 5 aliphatic rings. The zero-order valence-electron chi connectivity index (χ0n) is 19.5. The number of nitrogens with one attached hydrogen (secondary N) is 1. The average molecular weight is 484 g/mol. The summed E-state index contributed by atoms with van der Waals surface area (Å²) in [6.45, 7) is 4.62. The van der Waals surface area contributed by atoms with Gasteiger partial charge >= 0.3 is 0 Å². The molecule has 5 fully saturated rings. The minimum atomic E-state index is -0.157. The van der Waals surface area contributed by atoms with Crippen LogP contribution in [0.5, 0.6) is 5.88 Å². The topological polar surface area (TPSA) is 76.8 Å². The Hall–Kier alpha value is -2.03. The maximum absolute atomic E-state index is 13.5. The number of carbonyl (C=O) groups is 1. The quantitative estimate of drug-likeness (QED) is 0.602. The normalized spacial score (nSPS) is 30.4. The maximum atomic E-state index is 13.5. The van der Waals surface area contributed by atoms with E-state index in [-0.39, 0.29) is 17.2 Å². The molecule has 2 aromatic rings. The van der Waals surface area contributed by atoms with Crippen molar-refractivity contribution in [2.75, 3.05) is 39.5 Å². The molecule has 1 aromatic heterocycles. The third-order valence-electron chi connectivity index (χ3n) is 7.96. The van der Waals surface area contributed by atoms with Crippen LogP contribution in [0.25, 0.3) is 0 Å². The highest BCUT2D eigenvalue weighted by Gasteiger charge is 2.52. The maximum Gasteiger partial charge on any atom is 0.291 e. The molecular weight excluding hydrogens is 450 g/mol. The summed E-state index contributed by atoms with van der Waals surface area (Å²) in [7, 11) is 0. The van der Waals surface area contributed by atoms with Crippen molar-refractivity contribution in [1.82, 2.24) is 15.4 Å². The summed E-state index contributed by atoms with van der Waals surface area (Å²) in [5, 5.41) is 7.61. The van der Waals surface area contributed by atoms with Crippen LogP contribution in [0.15, 0.2) is 44.6 Å². The van der Waals surface area contributed by atoms with Crippen molar-refractivity contribution in [3.63, 3.8) is 0 Å². The minimum absolute atomic E-state index is 0.0787. The monoisotopic (exact) mass is 483 g/mol. The fourth-order valence-electron chi connectivity index (χ4n) is 6.86. The number of benzene rings is 1. The zero-order chi connectivity index (χ0) is 23.0. The van der Waals surface area contributed by atoms with Crippen LogP contribution in [0.1, 0.15) is 49.1 Å². The summed E-state index contributed by atoms with van der Waals surface area (Å²) in [4.78, 5) is 17.5. The lowest BCUT2D eigenvalue weighted by atomic mass is 9.53. The molecule has 7 rings (SSSR count).